The molecule has 0 bridgehead atoms. The first-order valence-electron chi connectivity index (χ1n) is 10.3. The van der Waals surface area contributed by atoms with E-state index < -0.39 is 12.1 Å². The van der Waals surface area contributed by atoms with Gasteiger partial charge in [-0.15, -0.1) is 11.6 Å². The normalized spacial score (nSPS) is 16.1. The lowest BCUT2D eigenvalue weighted by Crippen LogP contribution is -2.47. The third kappa shape index (κ3) is 10.2. The summed E-state index contributed by atoms with van der Waals surface area (Å²) in [7, 11) is 0. The fourth-order valence-electron chi connectivity index (χ4n) is 3.37. The molecule has 0 radical (unpaired) electrons. The fraction of sp³-hybridized carbons (Fsp3) is 0.900. The first kappa shape index (κ1) is 23.1. The number of rotatable bonds is 13. The number of amides is 1. The second kappa shape index (κ2) is 15.1. The first-order chi connectivity index (χ1) is 12.7. The number of alkyl carbamates (subject to hydrolysis) is 1. The number of alkyl halides is 1. The average molecular weight is 390 g/mol. The third-order valence-electron chi connectivity index (χ3n) is 4.90. The van der Waals surface area contributed by atoms with Gasteiger partial charge in [-0.3, -0.25) is 0 Å². The average Bonchev–Trinajstić information content (AvgIpc) is 2.66. The molecular formula is C20H36ClNO4. The van der Waals surface area contributed by atoms with E-state index in [0.717, 1.165) is 38.5 Å². The highest BCUT2D eigenvalue weighted by Crippen LogP contribution is 2.27. The Morgan fingerprint density at radius 2 is 1.62 bits per heavy atom. The van der Waals surface area contributed by atoms with Crippen LogP contribution in [0.15, 0.2) is 0 Å². The molecular weight excluding hydrogens is 354 g/mol. The summed E-state index contributed by atoms with van der Waals surface area (Å²) in [5.74, 6) is 0.265. The smallest absolute Gasteiger partial charge is 0.407 e. The number of carbonyl (C=O) groups is 2. The number of carbonyl (C=O) groups excluding carboxylic acids is 2. The van der Waals surface area contributed by atoms with Crippen molar-refractivity contribution >= 4 is 23.7 Å². The van der Waals surface area contributed by atoms with Crippen LogP contribution >= 0.6 is 11.6 Å². The van der Waals surface area contributed by atoms with Crippen molar-refractivity contribution in [1.82, 2.24) is 5.32 Å². The van der Waals surface area contributed by atoms with Gasteiger partial charge in [-0.25, -0.2) is 9.59 Å². The Morgan fingerprint density at radius 1 is 0.962 bits per heavy atom. The van der Waals surface area contributed by atoms with E-state index in [0.29, 0.717) is 18.9 Å². The minimum atomic E-state index is -0.598. The van der Waals surface area contributed by atoms with Gasteiger partial charge in [-0.1, -0.05) is 58.3 Å². The van der Waals surface area contributed by atoms with Crippen LogP contribution in [0.5, 0.6) is 0 Å². The van der Waals surface area contributed by atoms with Gasteiger partial charge in [0.15, 0.2) is 0 Å². The van der Waals surface area contributed by atoms with Crippen LogP contribution in [0.25, 0.3) is 0 Å². The quantitative estimate of drug-likeness (QED) is 0.267. The van der Waals surface area contributed by atoms with Crippen molar-refractivity contribution in [1.29, 1.82) is 0 Å². The number of esters is 1. The van der Waals surface area contributed by atoms with Crippen molar-refractivity contribution < 1.29 is 19.1 Å². The molecule has 1 rings (SSSR count). The zero-order chi connectivity index (χ0) is 19.0. The van der Waals surface area contributed by atoms with E-state index in [1.807, 2.05) is 0 Å². The maximum Gasteiger partial charge on any atom is 0.407 e. The second-order valence-electron chi connectivity index (χ2n) is 7.13. The topological polar surface area (TPSA) is 64.6 Å². The van der Waals surface area contributed by atoms with Crippen LogP contribution in [0.4, 0.5) is 4.79 Å². The molecule has 1 saturated carbocycles. The number of nitrogens with one attached hydrogen (secondary N) is 1. The molecule has 0 aromatic heterocycles. The highest BCUT2D eigenvalue weighted by Gasteiger charge is 2.32. The zero-order valence-corrected chi connectivity index (χ0v) is 17.0. The van der Waals surface area contributed by atoms with Gasteiger partial charge < -0.3 is 14.8 Å². The number of unbranched alkanes of at least 4 members (excludes halogenated alkanes) is 5. The summed E-state index contributed by atoms with van der Waals surface area (Å²) in [6.07, 6.45) is 12.2. The Hall–Kier alpha value is -0.970. The predicted octanol–water partition coefficient (Wildman–Crippen LogP) is 5.19. The van der Waals surface area contributed by atoms with E-state index >= 15 is 0 Å². The summed E-state index contributed by atoms with van der Waals surface area (Å²) < 4.78 is 10.6. The summed E-state index contributed by atoms with van der Waals surface area (Å²) >= 11 is 5.59. The summed E-state index contributed by atoms with van der Waals surface area (Å²) in [4.78, 5) is 24.5. The highest BCUT2D eigenvalue weighted by molar-refractivity contribution is 6.17. The van der Waals surface area contributed by atoms with Gasteiger partial charge in [0.2, 0.25) is 0 Å². The summed E-state index contributed by atoms with van der Waals surface area (Å²) in [5, 5.41) is 2.74. The molecule has 0 aromatic carbocycles. The Morgan fingerprint density at radius 3 is 2.31 bits per heavy atom. The Kier molecular flexibility index (Phi) is 13.4. The van der Waals surface area contributed by atoms with Crippen molar-refractivity contribution in [2.24, 2.45) is 5.92 Å². The molecule has 6 heteroatoms. The highest BCUT2D eigenvalue weighted by atomic mass is 35.5. The number of halogens is 1. The van der Waals surface area contributed by atoms with E-state index in [2.05, 4.69) is 12.2 Å². The van der Waals surface area contributed by atoms with E-state index in [-0.39, 0.29) is 18.5 Å². The largest absolute Gasteiger partial charge is 0.464 e. The van der Waals surface area contributed by atoms with Crippen LogP contribution in [0.2, 0.25) is 0 Å². The van der Waals surface area contributed by atoms with Crippen LogP contribution in [-0.4, -0.2) is 37.2 Å². The molecule has 1 unspecified atom stereocenters. The van der Waals surface area contributed by atoms with Gasteiger partial charge >= 0.3 is 12.1 Å². The van der Waals surface area contributed by atoms with Crippen molar-refractivity contribution in [2.45, 2.75) is 90.0 Å². The van der Waals surface area contributed by atoms with Crippen LogP contribution in [-0.2, 0) is 14.3 Å². The predicted molar refractivity (Wildman–Crippen MR) is 105 cm³/mol. The number of hydrogen-bond acceptors (Lipinski definition) is 4. The molecule has 1 amide bonds. The van der Waals surface area contributed by atoms with Gasteiger partial charge in [-0.05, 0) is 31.6 Å². The SMILES string of the molecule is CCCCCCCCOC(=O)C(NC(=O)OCCCCl)C1CCCCC1. The second-order valence-corrected chi connectivity index (χ2v) is 7.51. The molecule has 0 heterocycles. The minimum absolute atomic E-state index is 0.140. The summed E-state index contributed by atoms with van der Waals surface area (Å²) in [5.41, 5.74) is 0. The third-order valence-corrected chi connectivity index (χ3v) is 5.17. The van der Waals surface area contributed by atoms with Gasteiger partial charge in [0.05, 0.1) is 13.2 Å². The lowest BCUT2D eigenvalue weighted by molar-refractivity contribution is -0.148. The maximum absolute atomic E-state index is 12.5. The van der Waals surface area contributed by atoms with Crippen molar-refractivity contribution in [3.05, 3.63) is 0 Å². The molecule has 1 aliphatic rings. The summed E-state index contributed by atoms with van der Waals surface area (Å²) in [6, 6.07) is -0.598. The van der Waals surface area contributed by atoms with E-state index in [9.17, 15) is 9.59 Å². The van der Waals surface area contributed by atoms with E-state index in [1.54, 1.807) is 0 Å². The standard InChI is InChI=1S/C20H36ClNO4/c1-2-3-4-5-6-10-15-25-19(23)18(17-12-8-7-9-13-17)22-20(24)26-16-11-14-21/h17-18H,2-16H2,1H3,(H,22,24). The molecule has 0 spiro atoms. The molecule has 0 saturated heterocycles. The molecule has 1 aliphatic carbocycles. The zero-order valence-electron chi connectivity index (χ0n) is 16.3. The molecule has 1 fully saturated rings. The monoisotopic (exact) mass is 389 g/mol. The van der Waals surface area contributed by atoms with Gasteiger partial charge in [0, 0.05) is 5.88 Å². The van der Waals surface area contributed by atoms with Crippen LogP contribution in [0.3, 0.4) is 0 Å². The van der Waals surface area contributed by atoms with E-state index in [1.165, 1.54) is 32.1 Å². The summed E-state index contributed by atoms with van der Waals surface area (Å²) in [6.45, 7) is 2.89. The van der Waals surface area contributed by atoms with Gasteiger partial charge in [-0.2, -0.15) is 0 Å². The van der Waals surface area contributed by atoms with Gasteiger partial charge in [0.25, 0.3) is 0 Å². The number of hydrogen-bond donors (Lipinski definition) is 1. The minimum Gasteiger partial charge on any atom is -0.464 e. The molecule has 0 aliphatic heterocycles. The Bertz CT molecular complexity index is 386. The molecule has 5 nitrogen and oxygen atoms in total. The first-order valence-corrected chi connectivity index (χ1v) is 10.9. The fourth-order valence-corrected chi connectivity index (χ4v) is 3.48. The Balaban J connectivity index is 2.39. The Labute approximate surface area is 163 Å². The molecule has 1 atom stereocenters. The molecule has 152 valence electrons. The molecule has 26 heavy (non-hydrogen) atoms. The van der Waals surface area contributed by atoms with Crippen LogP contribution in [0.1, 0.15) is 84.0 Å². The molecule has 1 N–H and O–H groups in total. The van der Waals surface area contributed by atoms with E-state index in [4.69, 9.17) is 21.1 Å². The van der Waals surface area contributed by atoms with Crippen LogP contribution < -0.4 is 5.32 Å². The van der Waals surface area contributed by atoms with Crippen LogP contribution in [0, 0.1) is 5.92 Å². The van der Waals surface area contributed by atoms with Crippen molar-refractivity contribution in [3.8, 4) is 0 Å². The van der Waals surface area contributed by atoms with Crippen molar-refractivity contribution in [3.63, 3.8) is 0 Å². The van der Waals surface area contributed by atoms with Crippen molar-refractivity contribution in [2.75, 3.05) is 19.1 Å². The lowest BCUT2D eigenvalue weighted by Gasteiger charge is -2.29. The maximum atomic E-state index is 12.5. The number of ether oxygens (including phenoxy) is 2. The lowest BCUT2D eigenvalue weighted by atomic mass is 9.84. The molecule has 0 aromatic rings. The van der Waals surface area contributed by atoms with Gasteiger partial charge in [0.1, 0.15) is 6.04 Å².